The number of carbonyl (C=O) groups excluding carboxylic acids is 1. The van der Waals surface area contributed by atoms with Crippen molar-refractivity contribution in [3.05, 3.63) is 11.6 Å². The van der Waals surface area contributed by atoms with Crippen LogP contribution in [0.1, 0.15) is 26.7 Å². The third-order valence-corrected chi connectivity index (χ3v) is 1.95. The fourth-order valence-electron chi connectivity index (χ4n) is 1.13. The fraction of sp³-hybridized carbons (Fsp3) is 0.727. The molecule has 0 bridgehead atoms. The molecule has 0 unspecified atom stereocenters. The average molecular weight is 216 g/mol. The Kier molecular flexibility index (Phi) is 7.95. The molecule has 0 rings (SSSR count). The van der Waals surface area contributed by atoms with Gasteiger partial charge in [-0.2, -0.15) is 0 Å². The van der Waals surface area contributed by atoms with E-state index in [1.807, 2.05) is 6.92 Å². The van der Waals surface area contributed by atoms with Gasteiger partial charge in [-0.15, -0.1) is 0 Å². The van der Waals surface area contributed by atoms with Crippen molar-refractivity contribution >= 4 is 5.97 Å². The van der Waals surface area contributed by atoms with Crippen LogP contribution in [0.25, 0.3) is 0 Å². The number of esters is 1. The molecule has 0 saturated carbocycles. The van der Waals surface area contributed by atoms with E-state index in [9.17, 15) is 4.79 Å². The molecule has 88 valence electrons. The van der Waals surface area contributed by atoms with Gasteiger partial charge in [0.05, 0.1) is 6.61 Å². The number of rotatable bonds is 7. The number of hydrogen-bond acceptors (Lipinski definition) is 4. The van der Waals surface area contributed by atoms with Crippen LogP contribution in [0, 0.1) is 0 Å². The Labute approximate surface area is 91.2 Å². The summed E-state index contributed by atoms with van der Waals surface area (Å²) in [4.78, 5) is 11.1. The van der Waals surface area contributed by atoms with Gasteiger partial charge in [0.1, 0.15) is 0 Å². The molecule has 0 aromatic carbocycles. The second kappa shape index (κ2) is 8.44. The summed E-state index contributed by atoms with van der Waals surface area (Å²) in [5.74, 6) is -0.290. The van der Waals surface area contributed by atoms with E-state index in [0.29, 0.717) is 6.61 Å². The van der Waals surface area contributed by atoms with E-state index in [0.717, 1.165) is 18.4 Å². The van der Waals surface area contributed by atoms with Gasteiger partial charge in [-0.3, -0.25) is 0 Å². The molecule has 0 heterocycles. The Bertz CT molecular complexity index is 207. The van der Waals surface area contributed by atoms with Crippen molar-refractivity contribution in [2.24, 2.45) is 0 Å². The van der Waals surface area contributed by atoms with Gasteiger partial charge in [-0.05, 0) is 20.3 Å². The van der Waals surface area contributed by atoms with Gasteiger partial charge < -0.3 is 14.2 Å². The Morgan fingerprint density at radius 2 is 1.93 bits per heavy atom. The Morgan fingerprint density at radius 1 is 1.33 bits per heavy atom. The molecular weight excluding hydrogens is 196 g/mol. The van der Waals surface area contributed by atoms with Crippen molar-refractivity contribution in [3.63, 3.8) is 0 Å². The zero-order chi connectivity index (χ0) is 11.7. The summed E-state index contributed by atoms with van der Waals surface area (Å²) in [6.45, 7) is 4.08. The molecule has 0 aliphatic carbocycles. The highest BCUT2D eigenvalue weighted by Crippen LogP contribution is 2.09. The number of methoxy groups -OCH3 is 2. The van der Waals surface area contributed by atoms with Crippen LogP contribution in [-0.2, 0) is 19.0 Å². The fourth-order valence-corrected chi connectivity index (χ4v) is 1.13. The highest BCUT2D eigenvalue weighted by Gasteiger charge is 2.05. The monoisotopic (exact) mass is 216 g/mol. The van der Waals surface area contributed by atoms with E-state index in [-0.39, 0.29) is 12.3 Å². The van der Waals surface area contributed by atoms with Crippen LogP contribution in [0.15, 0.2) is 11.6 Å². The van der Waals surface area contributed by atoms with Crippen LogP contribution in [0.3, 0.4) is 0 Å². The van der Waals surface area contributed by atoms with E-state index in [2.05, 4.69) is 0 Å². The number of ether oxygens (including phenoxy) is 3. The van der Waals surface area contributed by atoms with Crippen LogP contribution in [0.2, 0.25) is 0 Å². The zero-order valence-corrected chi connectivity index (χ0v) is 9.91. The lowest BCUT2D eigenvalue weighted by Crippen LogP contribution is -2.12. The van der Waals surface area contributed by atoms with E-state index in [1.54, 1.807) is 21.1 Å². The molecule has 0 fully saturated rings. The molecule has 4 heteroatoms. The predicted molar refractivity (Wildman–Crippen MR) is 57.4 cm³/mol. The third kappa shape index (κ3) is 7.11. The minimum atomic E-state index is -0.290. The Morgan fingerprint density at radius 3 is 2.40 bits per heavy atom. The standard InChI is InChI=1S/C11H20O4/c1-5-15-10(12)8-9(2)6-7-11(13-3)14-4/h8,11H,5-7H2,1-4H3/b9-8+. The lowest BCUT2D eigenvalue weighted by Gasteiger charge is -2.12. The van der Waals surface area contributed by atoms with Crippen LogP contribution in [0.4, 0.5) is 0 Å². The number of hydrogen-bond donors (Lipinski definition) is 0. The first kappa shape index (κ1) is 14.1. The highest BCUT2D eigenvalue weighted by molar-refractivity contribution is 5.82. The lowest BCUT2D eigenvalue weighted by molar-refractivity contribution is -0.137. The molecule has 15 heavy (non-hydrogen) atoms. The molecule has 0 aliphatic rings. The summed E-state index contributed by atoms with van der Waals surface area (Å²) in [7, 11) is 3.19. The molecule has 0 aliphatic heterocycles. The minimum Gasteiger partial charge on any atom is -0.463 e. The van der Waals surface area contributed by atoms with Crippen molar-refractivity contribution in [1.29, 1.82) is 0 Å². The van der Waals surface area contributed by atoms with Gasteiger partial charge in [0.15, 0.2) is 6.29 Å². The van der Waals surface area contributed by atoms with E-state index >= 15 is 0 Å². The topological polar surface area (TPSA) is 44.8 Å². The summed E-state index contributed by atoms with van der Waals surface area (Å²) >= 11 is 0. The van der Waals surface area contributed by atoms with E-state index < -0.39 is 0 Å². The summed E-state index contributed by atoms with van der Waals surface area (Å²) in [6.07, 6.45) is 2.78. The highest BCUT2D eigenvalue weighted by atomic mass is 16.7. The molecule has 0 aromatic heterocycles. The van der Waals surface area contributed by atoms with Crippen molar-refractivity contribution < 1.29 is 19.0 Å². The third-order valence-electron chi connectivity index (χ3n) is 1.95. The maximum atomic E-state index is 11.1. The molecule has 0 radical (unpaired) electrons. The molecule has 0 amide bonds. The van der Waals surface area contributed by atoms with Crippen LogP contribution >= 0.6 is 0 Å². The van der Waals surface area contributed by atoms with Gasteiger partial charge in [0.2, 0.25) is 0 Å². The average Bonchev–Trinajstić information content (AvgIpc) is 2.19. The molecule has 4 nitrogen and oxygen atoms in total. The first-order valence-corrected chi connectivity index (χ1v) is 5.03. The molecule has 0 spiro atoms. The molecule has 0 N–H and O–H groups in total. The van der Waals surface area contributed by atoms with Crippen LogP contribution in [0.5, 0.6) is 0 Å². The van der Waals surface area contributed by atoms with E-state index in [4.69, 9.17) is 14.2 Å². The maximum absolute atomic E-state index is 11.1. The first-order chi connectivity index (χ1) is 7.13. The van der Waals surface area contributed by atoms with Crippen molar-refractivity contribution in [2.75, 3.05) is 20.8 Å². The van der Waals surface area contributed by atoms with E-state index in [1.165, 1.54) is 6.08 Å². The SMILES string of the molecule is CCOC(=O)/C=C(\C)CCC(OC)OC. The minimum absolute atomic E-state index is 0.212. The summed E-state index contributed by atoms with van der Waals surface area (Å²) in [5, 5.41) is 0. The first-order valence-electron chi connectivity index (χ1n) is 5.03. The Balaban J connectivity index is 3.90. The summed E-state index contributed by atoms with van der Waals surface area (Å²) < 4.78 is 14.9. The maximum Gasteiger partial charge on any atom is 0.330 e. The number of carbonyl (C=O) groups is 1. The largest absolute Gasteiger partial charge is 0.463 e. The lowest BCUT2D eigenvalue weighted by atomic mass is 10.1. The smallest absolute Gasteiger partial charge is 0.330 e. The quantitative estimate of drug-likeness (QED) is 0.370. The van der Waals surface area contributed by atoms with Gasteiger partial charge in [-0.1, -0.05) is 5.57 Å². The molecule has 0 atom stereocenters. The van der Waals surface area contributed by atoms with Gasteiger partial charge >= 0.3 is 5.97 Å². The summed E-state index contributed by atoms with van der Waals surface area (Å²) in [6, 6.07) is 0. The van der Waals surface area contributed by atoms with Gasteiger partial charge in [-0.25, -0.2) is 4.79 Å². The second-order valence-electron chi connectivity index (χ2n) is 3.18. The Hall–Kier alpha value is -0.870. The molecular formula is C11H20O4. The summed E-state index contributed by atoms with van der Waals surface area (Å²) in [5.41, 5.74) is 0.965. The second-order valence-corrected chi connectivity index (χ2v) is 3.18. The zero-order valence-electron chi connectivity index (χ0n) is 9.91. The van der Waals surface area contributed by atoms with Gasteiger partial charge in [0.25, 0.3) is 0 Å². The van der Waals surface area contributed by atoms with Crippen LogP contribution < -0.4 is 0 Å². The van der Waals surface area contributed by atoms with Crippen molar-refractivity contribution in [3.8, 4) is 0 Å². The van der Waals surface area contributed by atoms with Crippen molar-refractivity contribution in [2.45, 2.75) is 33.0 Å². The predicted octanol–water partition coefficient (Wildman–Crippen LogP) is 1.89. The van der Waals surface area contributed by atoms with Crippen molar-refractivity contribution in [1.82, 2.24) is 0 Å². The molecule has 0 aromatic rings. The molecule has 0 saturated heterocycles. The number of allylic oxidation sites excluding steroid dienone is 1. The van der Waals surface area contributed by atoms with Crippen LogP contribution in [-0.4, -0.2) is 33.1 Å². The van der Waals surface area contributed by atoms with Gasteiger partial charge in [0, 0.05) is 26.7 Å². The normalized spacial score (nSPS) is 11.9.